The molecule has 2 heterocycles. The Balaban J connectivity index is 1.49. The highest BCUT2D eigenvalue weighted by Crippen LogP contribution is 2.31. The number of carbonyl (C=O) groups excluding carboxylic acids is 1. The van der Waals surface area contributed by atoms with Gasteiger partial charge in [0.05, 0.1) is 13.2 Å². The van der Waals surface area contributed by atoms with Crippen LogP contribution in [-0.2, 0) is 9.53 Å². The highest BCUT2D eigenvalue weighted by Gasteiger charge is 2.23. The van der Waals surface area contributed by atoms with E-state index in [-0.39, 0.29) is 18.2 Å². The van der Waals surface area contributed by atoms with Crippen LogP contribution in [0.5, 0.6) is 17.2 Å². The third-order valence-electron chi connectivity index (χ3n) is 3.85. The lowest BCUT2D eigenvalue weighted by Gasteiger charge is -2.07. The normalized spacial score (nSPS) is 17.5. The predicted molar refractivity (Wildman–Crippen MR) is 95.5 cm³/mol. The largest absolute Gasteiger partial charge is 0.490 e. The second kappa shape index (κ2) is 7.31. The fourth-order valence-electron chi connectivity index (χ4n) is 2.60. The van der Waals surface area contributed by atoms with Gasteiger partial charge in [0, 0.05) is 6.42 Å². The van der Waals surface area contributed by atoms with Crippen molar-refractivity contribution in [1.82, 2.24) is 0 Å². The van der Waals surface area contributed by atoms with Crippen LogP contribution in [0, 0.1) is 0 Å². The summed E-state index contributed by atoms with van der Waals surface area (Å²) in [5, 5.41) is 0. The SMILES string of the molecule is O=C1OC(COc2ccccc2)=N/C1=C/c1ccc2c(c1)OCCCO2. The van der Waals surface area contributed by atoms with Crippen molar-refractivity contribution in [2.45, 2.75) is 6.42 Å². The summed E-state index contributed by atoms with van der Waals surface area (Å²) < 4.78 is 22.0. The molecule has 0 N–H and O–H groups in total. The van der Waals surface area contributed by atoms with Gasteiger partial charge in [0.15, 0.2) is 23.8 Å². The molecule has 0 amide bonds. The van der Waals surface area contributed by atoms with E-state index in [0.717, 1.165) is 12.0 Å². The smallest absolute Gasteiger partial charge is 0.363 e. The quantitative estimate of drug-likeness (QED) is 0.625. The minimum absolute atomic E-state index is 0.0915. The van der Waals surface area contributed by atoms with Gasteiger partial charge in [-0.2, -0.15) is 0 Å². The number of hydrogen-bond donors (Lipinski definition) is 0. The Morgan fingerprint density at radius 1 is 1.04 bits per heavy atom. The summed E-state index contributed by atoms with van der Waals surface area (Å²) >= 11 is 0. The summed E-state index contributed by atoms with van der Waals surface area (Å²) in [6, 6.07) is 14.8. The molecule has 0 spiro atoms. The number of cyclic esters (lactones) is 1. The maximum atomic E-state index is 12.0. The number of nitrogens with zero attached hydrogens (tertiary/aromatic N) is 1. The molecule has 2 aromatic carbocycles. The number of ether oxygens (including phenoxy) is 4. The van der Waals surface area contributed by atoms with Gasteiger partial charge in [-0.1, -0.05) is 24.3 Å². The van der Waals surface area contributed by atoms with Crippen LogP contribution < -0.4 is 14.2 Å². The Kier molecular flexibility index (Phi) is 4.55. The Labute approximate surface area is 150 Å². The van der Waals surface area contributed by atoms with E-state index in [0.29, 0.717) is 30.5 Å². The number of hydrogen-bond acceptors (Lipinski definition) is 6. The van der Waals surface area contributed by atoms with Crippen LogP contribution >= 0.6 is 0 Å². The standard InChI is InChI=1S/C20H17NO5/c22-20-16(21-19(26-20)13-25-15-5-2-1-3-6-15)11-14-7-8-17-18(12-14)24-10-4-9-23-17/h1-3,5-8,11-12H,4,9-10,13H2/b16-11+. The van der Waals surface area contributed by atoms with Gasteiger partial charge in [-0.15, -0.1) is 0 Å². The van der Waals surface area contributed by atoms with Crippen molar-refractivity contribution < 1.29 is 23.7 Å². The molecule has 6 nitrogen and oxygen atoms in total. The third kappa shape index (κ3) is 3.69. The van der Waals surface area contributed by atoms with Gasteiger partial charge < -0.3 is 18.9 Å². The van der Waals surface area contributed by atoms with Crippen LogP contribution in [0.1, 0.15) is 12.0 Å². The van der Waals surface area contributed by atoms with E-state index < -0.39 is 5.97 Å². The molecule has 2 aromatic rings. The average Bonchev–Trinajstić information content (AvgIpc) is 2.86. The molecule has 0 saturated carbocycles. The van der Waals surface area contributed by atoms with Crippen molar-refractivity contribution in [3.8, 4) is 17.2 Å². The number of para-hydroxylation sites is 1. The van der Waals surface area contributed by atoms with Crippen molar-refractivity contribution >= 4 is 17.9 Å². The summed E-state index contributed by atoms with van der Waals surface area (Å²) in [7, 11) is 0. The van der Waals surface area contributed by atoms with Gasteiger partial charge in [-0.05, 0) is 35.9 Å². The molecule has 6 heteroatoms. The van der Waals surface area contributed by atoms with Crippen molar-refractivity contribution in [3.05, 3.63) is 59.8 Å². The molecule has 0 fully saturated rings. The fourth-order valence-corrected chi connectivity index (χ4v) is 2.60. The van der Waals surface area contributed by atoms with Crippen molar-refractivity contribution in [3.63, 3.8) is 0 Å². The number of carbonyl (C=O) groups is 1. The first-order valence-corrected chi connectivity index (χ1v) is 8.37. The monoisotopic (exact) mass is 351 g/mol. The lowest BCUT2D eigenvalue weighted by atomic mass is 10.1. The number of rotatable bonds is 4. The summed E-state index contributed by atoms with van der Waals surface area (Å²) in [6.45, 7) is 1.33. The Morgan fingerprint density at radius 3 is 2.69 bits per heavy atom. The maximum Gasteiger partial charge on any atom is 0.363 e. The molecule has 0 unspecified atom stereocenters. The van der Waals surface area contributed by atoms with Gasteiger partial charge in [-0.25, -0.2) is 9.79 Å². The first kappa shape index (κ1) is 16.2. The molecule has 2 aliphatic heterocycles. The van der Waals surface area contributed by atoms with Gasteiger partial charge in [0.1, 0.15) is 5.75 Å². The summed E-state index contributed by atoms with van der Waals surface area (Å²) in [4.78, 5) is 16.2. The number of fused-ring (bicyclic) bond motifs is 1. The minimum atomic E-state index is -0.497. The molecule has 4 rings (SSSR count). The molecule has 132 valence electrons. The van der Waals surface area contributed by atoms with Crippen LogP contribution in [0.3, 0.4) is 0 Å². The van der Waals surface area contributed by atoms with Crippen molar-refractivity contribution in [2.24, 2.45) is 4.99 Å². The number of benzene rings is 2. The van der Waals surface area contributed by atoms with E-state index in [1.807, 2.05) is 48.5 Å². The van der Waals surface area contributed by atoms with E-state index in [2.05, 4.69) is 4.99 Å². The van der Waals surface area contributed by atoms with Crippen LogP contribution in [0.15, 0.2) is 59.2 Å². The highest BCUT2D eigenvalue weighted by molar-refractivity contribution is 6.07. The number of esters is 1. The predicted octanol–water partition coefficient (Wildman–Crippen LogP) is 3.22. The first-order chi connectivity index (χ1) is 12.8. The molecular formula is C20H17NO5. The molecule has 2 aliphatic rings. The fraction of sp³-hybridized carbons (Fsp3) is 0.200. The van der Waals surface area contributed by atoms with Crippen LogP contribution in [0.4, 0.5) is 0 Å². The van der Waals surface area contributed by atoms with Gasteiger partial charge in [0.25, 0.3) is 0 Å². The zero-order valence-electron chi connectivity index (χ0n) is 14.0. The minimum Gasteiger partial charge on any atom is -0.490 e. The maximum absolute atomic E-state index is 12.0. The molecule has 26 heavy (non-hydrogen) atoms. The Hall–Kier alpha value is -3.28. The molecule has 0 bridgehead atoms. The van der Waals surface area contributed by atoms with Crippen molar-refractivity contribution in [2.75, 3.05) is 19.8 Å². The van der Waals surface area contributed by atoms with E-state index in [1.54, 1.807) is 6.08 Å². The second-order valence-electron chi connectivity index (χ2n) is 5.78. The Bertz CT molecular complexity index is 873. The van der Waals surface area contributed by atoms with Gasteiger partial charge >= 0.3 is 5.97 Å². The highest BCUT2D eigenvalue weighted by atomic mass is 16.6. The van der Waals surface area contributed by atoms with Crippen LogP contribution in [0.2, 0.25) is 0 Å². The molecule has 0 saturated heterocycles. The second-order valence-corrected chi connectivity index (χ2v) is 5.78. The van der Waals surface area contributed by atoms with Gasteiger partial charge in [0.2, 0.25) is 5.90 Å². The van der Waals surface area contributed by atoms with Crippen LogP contribution in [0.25, 0.3) is 6.08 Å². The van der Waals surface area contributed by atoms with Crippen LogP contribution in [-0.4, -0.2) is 31.7 Å². The lowest BCUT2D eigenvalue weighted by molar-refractivity contribution is -0.130. The average molecular weight is 351 g/mol. The van der Waals surface area contributed by atoms with E-state index in [9.17, 15) is 4.79 Å². The summed E-state index contributed by atoms with van der Waals surface area (Å²) in [5.41, 5.74) is 1.02. The lowest BCUT2D eigenvalue weighted by Crippen LogP contribution is -2.13. The van der Waals surface area contributed by atoms with Gasteiger partial charge in [-0.3, -0.25) is 0 Å². The summed E-state index contributed by atoms with van der Waals surface area (Å²) in [5.74, 6) is 1.80. The molecule has 0 atom stereocenters. The zero-order chi connectivity index (χ0) is 17.8. The first-order valence-electron chi connectivity index (χ1n) is 8.37. The molecular weight excluding hydrogens is 334 g/mol. The third-order valence-corrected chi connectivity index (χ3v) is 3.85. The molecule has 0 aromatic heterocycles. The number of aliphatic imine (C=N–C) groups is 1. The molecule has 0 radical (unpaired) electrons. The Morgan fingerprint density at radius 2 is 1.85 bits per heavy atom. The zero-order valence-corrected chi connectivity index (χ0v) is 14.0. The van der Waals surface area contributed by atoms with Crippen molar-refractivity contribution in [1.29, 1.82) is 0 Å². The van der Waals surface area contributed by atoms with E-state index in [4.69, 9.17) is 18.9 Å². The topological polar surface area (TPSA) is 66.4 Å². The molecule has 0 aliphatic carbocycles. The summed E-state index contributed by atoms with van der Waals surface area (Å²) in [6.07, 6.45) is 2.50. The van der Waals surface area contributed by atoms with E-state index in [1.165, 1.54) is 0 Å². The van der Waals surface area contributed by atoms with E-state index >= 15 is 0 Å².